The molecule has 3 nitrogen and oxygen atoms in total. The molecule has 122 valence electrons. The van der Waals surface area contributed by atoms with E-state index in [1.165, 1.54) is 5.56 Å². The van der Waals surface area contributed by atoms with E-state index in [1.807, 2.05) is 36.4 Å². The van der Waals surface area contributed by atoms with E-state index in [4.69, 9.17) is 28.9 Å². The van der Waals surface area contributed by atoms with E-state index in [9.17, 15) is 4.79 Å². The van der Waals surface area contributed by atoms with Crippen molar-refractivity contribution in [1.29, 1.82) is 0 Å². The van der Waals surface area contributed by atoms with Gasteiger partial charge >= 0.3 is 0 Å². The number of carbonyl (C=O) groups excluding carboxylic acids is 1. The lowest BCUT2D eigenvalue weighted by Gasteiger charge is -2.22. The molecule has 0 spiro atoms. The Morgan fingerprint density at radius 3 is 2.43 bits per heavy atom. The van der Waals surface area contributed by atoms with Crippen LogP contribution >= 0.6 is 23.2 Å². The maximum Gasteiger partial charge on any atom is 0.226 e. The molecular weight excluding hydrogens is 331 g/mol. The number of likely N-dealkylation sites (N-methyl/N-ethyl adjacent to an activating group) is 1. The van der Waals surface area contributed by atoms with Gasteiger partial charge < -0.3 is 10.6 Å². The highest BCUT2D eigenvalue weighted by molar-refractivity contribution is 6.42. The number of halogens is 2. The minimum atomic E-state index is -0.0971. The number of rotatable bonds is 6. The van der Waals surface area contributed by atoms with Crippen LogP contribution in [0.2, 0.25) is 10.0 Å². The smallest absolute Gasteiger partial charge is 0.226 e. The zero-order valence-corrected chi connectivity index (χ0v) is 14.5. The molecule has 0 aliphatic heterocycles. The summed E-state index contributed by atoms with van der Waals surface area (Å²) in [4.78, 5) is 14.0. The summed E-state index contributed by atoms with van der Waals surface area (Å²) in [5.41, 5.74) is 8.16. The van der Waals surface area contributed by atoms with E-state index in [-0.39, 0.29) is 18.4 Å². The van der Waals surface area contributed by atoms with Crippen molar-refractivity contribution in [1.82, 2.24) is 4.90 Å². The molecule has 0 radical (unpaired) electrons. The van der Waals surface area contributed by atoms with Gasteiger partial charge in [-0.2, -0.15) is 0 Å². The highest BCUT2D eigenvalue weighted by Crippen LogP contribution is 2.23. The molecule has 0 aromatic heterocycles. The fourth-order valence-electron chi connectivity index (χ4n) is 2.39. The normalized spacial score (nSPS) is 12.0. The SMILES string of the molecule is CN(C[C@@H](N)Cc1ccccc1)C(=O)Cc1ccc(Cl)c(Cl)c1. The zero-order valence-electron chi connectivity index (χ0n) is 13.0. The standard InChI is InChI=1S/C18H20Cl2N2O/c1-22(12-15(21)9-13-5-3-2-4-6-13)18(23)11-14-7-8-16(19)17(20)10-14/h2-8,10,15H,9,11-12,21H2,1H3/t15-/m0/s1. The Balaban J connectivity index is 1.87. The molecule has 0 fully saturated rings. The van der Waals surface area contributed by atoms with Crippen molar-refractivity contribution in [3.63, 3.8) is 0 Å². The molecule has 0 saturated carbocycles. The molecule has 0 unspecified atom stereocenters. The van der Waals surface area contributed by atoms with Gasteiger partial charge in [0, 0.05) is 19.6 Å². The van der Waals surface area contributed by atoms with Gasteiger partial charge in [-0.05, 0) is 29.7 Å². The average Bonchev–Trinajstić information content (AvgIpc) is 2.51. The highest BCUT2D eigenvalue weighted by Gasteiger charge is 2.14. The zero-order chi connectivity index (χ0) is 16.8. The number of nitrogens with two attached hydrogens (primary N) is 1. The Bertz CT molecular complexity index is 661. The lowest BCUT2D eigenvalue weighted by molar-refractivity contribution is -0.129. The number of nitrogens with zero attached hydrogens (tertiary/aromatic N) is 1. The number of hydrogen-bond acceptors (Lipinski definition) is 2. The van der Waals surface area contributed by atoms with Crippen LogP contribution in [0.1, 0.15) is 11.1 Å². The molecule has 0 saturated heterocycles. The van der Waals surface area contributed by atoms with E-state index in [2.05, 4.69) is 0 Å². The van der Waals surface area contributed by atoms with Crippen molar-refractivity contribution in [3.8, 4) is 0 Å². The summed E-state index contributed by atoms with van der Waals surface area (Å²) >= 11 is 11.9. The lowest BCUT2D eigenvalue weighted by atomic mass is 10.1. The van der Waals surface area contributed by atoms with Crippen LogP contribution in [-0.2, 0) is 17.6 Å². The number of hydrogen-bond donors (Lipinski definition) is 1. The molecule has 1 atom stereocenters. The Hall–Kier alpha value is -1.55. The van der Waals surface area contributed by atoms with E-state index in [0.29, 0.717) is 16.6 Å². The maximum absolute atomic E-state index is 12.3. The van der Waals surface area contributed by atoms with E-state index >= 15 is 0 Å². The van der Waals surface area contributed by atoms with Gasteiger partial charge in [0.15, 0.2) is 0 Å². The van der Waals surface area contributed by atoms with Crippen LogP contribution in [0.15, 0.2) is 48.5 Å². The molecule has 2 aromatic rings. The van der Waals surface area contributed by atoms with Crippen molar-refractivity contribution in [3.05, 3.63) is 69.7 Å². The molecule has 2 rings (SSSR count). The summed E-state index contributed by atoms with van der Waals surface area (Å²) < 4.78 is 0. The molecule has 2 aromatic carbocycles. The van der Waals surface area contributed by atoms with Gasteiger partial charge in [0.25, 0.3) is 0 Å². The van der Waals surface area contributed by atoms with Crippen molar-refractivity contribution in [2.24, 2.45) is 5.73 Å². The quantitative estimate of drug-likeness (QED) is 0.865. The minimum absolute atomic E-state index is 0.00639. The molecule has 23 heavy (non-hydrogen) atoms. The summed E-state index contributed by atoms with van der Waals surface area (Å²) in [5.74, 6) is 0.00639. The number of amides is 1. The van der Waals surface area contributed by atoms with Crippen molar-refractivity contribution in [2.45, 2.75) is 18.9 Å². The third-order valence-corrected chi connectivity index (χ3v) is 4.35. The minimum Gasteiger partial charge on any atom is -0.344 e. The summed E-state index contributed by atoms with van der Waals surface area (Å²) in [5, 5.41) is 0.946. The fraction of sp³-hybridized carbons (Fsp3) is 0.278. The van der Waals surface area contributed by atoms with E-state index in [0.717, 1.165) is 12.0 Å². The number of benzene rings is 2. The molecule has 5 heteroatoms. The van der Waals surface area contributed by atoms with Crippen molar-refractivity contribution in [2.75, 3.05) is 13.6 Å². The van der Waals surface area contributed by atoms with Crippen molar-refractivity contribution < 1.29 is 4.79 Å². The first-order valence-corrected chi connectivity index (χ1v) is 8.18. The Morgan fingerprint density at radius 1 is 1.09 bits per heavy atom. The van der Waals surface area contributed by atoms with E-state index < -0.39 is 0 Å². The Kier molecular flexibility index (Phi) is 6.46. The molecule has 0 bridgehead atoms. The second kappa shape index (κ2) is 8.34. The summed E-state index contributed by atoms with van der Waals surface area (Å²) in [6.45, 7) is 0.509. The topological polar surface area (TPSA) is 46.3 Å². The first-order valence-electron chi connectivity index (χ1n) is 7.43. The Labute approximate surface area is 147 Å². The first kappa shape index (κ1) is 17.8. The highest BCUT2D eigenvalue weighted by atomic mass is 35.5. The van der Waals surface area contributed by atoms with Crippen LogP contribution in [0.5, 0.6) is 0 Å². The van der Waals surface area contributed by atoms with Crippen LogP contribution in [0.3, 0.4) is 0 Å². The molecule has 0 heterocycles. The van der Waals surface area contributed by atoms with Gasteiger partial charge in [-0.3, -0.25) is 4.79 Å². The largest absolute Gasteiger partial charge is 0.344 e. The van der Waals surface area contributed by atoms with Gasteiger partial charge in [0.05, 0.1) is 16.5 Å². The van der Waals surface area contributed by atoms with Gasteiger partial charge in [0.2, 0.25) is 5.91 Å². The third kappa shape index (κ3) is 5.54. The van der Waals surface area contributed by atoms with Gasteiger partial charge in [-0.1, -0.05) is 59.6 Å². The summed E-state index contributed by atoms with van der Waals surface area (Å²) in [7, 11) is 1.77. The molecule has 0 aliphatic rings. The average molecular weight is 351 g/mol. The predicted octanol–water partition coefficient (Wildman–Crippen LogP) is 3.56. The monoisotopic (exact) mass is 350 g/mol. The summed E-state index contributed by atoms with van der Waals surface area (Å²) in [6.07, 6.45) is 1.02. The van der Waals surface area contributed by atoms with Gasteiger partial charge in [0.1, 0.15) is 0 Å². The van der Waals surface area contributed by atoms with Crippen LogP contribution in [0, 0.1) is 0 Å². The molecule has 1 amide bonds. The molecule has 2 N–H and O–H groups in total. The van der Waals surface area contributed by atoms with Crippen LogP contribution in [-0.4, -0.2) is 30.4 Å². The van der Waals surface area contributed by atoms with Crippen molar-refractivity contribution >= 4 is 29.1 Å². The van der Waals surface area contributed by atoms with Crippen LogP contribution < -0.4 is 5.73 Å². The second-order valence-corrected chi connectivity index (χ2v) is 6.46. The van der Waals surface area contributed by atoms with Gasteiger partial charge in [-0.25, -0.2) is 0 Å². The second-order valence-electron chi connectivity index (χ2n) is 5.65. The summed E-state index contributed by atoms with van der Waals surface area (Å²) in [6, 6.07) is 15.2. The molecular formula is C18H20Cl2N2O. The maximum atomic E-state index is 12.3. The number of carbonyl (C=O) groups is 1. The van der Waals surface area contributed by atoms with Crippen LogP contribution in [0.4, 0.5) is 0 Å². The lowest BCUT2D eigenvalue weighted by Crippen LogP contribution is -2.40. The van der Waals surface area contributed by atoms with Gasteiger partial charge in [-0.15, -0.1) is 0 Å². The predicted molar refractivity (Wildman–Crippen MR) is 95.9 cm³/mol. The third-order valence-electron chi connectivity index (χ3n) is 3.61. The molecule has 0 aliphatic carbocycles. The van der Waals surface area contributed by atoms with Crippen LogP contribution in [0.25, 0.3) is 0 Å². The fourth-order valence-corrected chi connectivity index (χ4v) is 2.71. The first-order chi connectivity index (χ1) is 11.0. The Morgan fingerprint density at radius 2 is 1.78 bits per heavy atom. The van der Waals surface area contributed by atoms with E-state index in [1.54, 1.807) is 24.1 Å².